The van der Waals surface area contributed by atoms with Crippen LogP contribution in [0.3, 0.4) is 0 Å². The van der Waals surface area contributed by atoms with Crippen molar-refractivity contribution < 1.29 is 13.2 Å². The Morgan fingerprint density at radius 3 is 2.33 bits per heavy atom. The quantitative estimate of drug-likeness (QED) is 0.850. The molecule has 2 aromatic rings. The van der Waals surface area contributed by atoms with Gasteiger partial charge < -0.3 is 4.74 Å². The van der Waals surface area contributed by atoms with Gasteiger partial charge >= 0.3 is 0 Å². The first-order valence-electron chi connectivity index (χ1n) is 6.75. The molecule has 0 radical (unpaired) electrons. The molecule has 21 heavy (non-hydrogen) atoms. The van der Waals surface area contributed by atoms with Crippen LogP contribution in [0.4, 0.5) is 0 Å². The normalized spacial score (nSPS) is 11.6. The zero-order valence-corrected chi connectivity index (χ0v) is 13.2. The zero-order chi connectivity index (χ0) is 15.5. The van der Waals surface area contributed by atoms with E-state index < -0.39 is 10.0 Å². The molecule has 5 heteroatoms. The third-order valence-corrected chi connectivity index (χ3v) is 5.23. The third kappa shape index (κ3) is 3.25. The molecule has 0 saturated heterocycles. The molecule has 0 heterocycles. The molecule has 0 N–H and O–H groups in total. The minimum absolute atomic E-state index is 0.190. The monoisotopic (exact) mass is 305 g/mol. The summed E-state index contributed by atoms with van der Waals surface area (Å²) in [5, 5.41) is 0. The van der Waals surface area contributed by atoms with Crippen molar-refractivity contribution >= 4 is 10.0 Å². The Morgan fingerprint density at radius 1 is 1.05 bits per heavy atom. The van der Waals surface area contributed by atoms with Crippen LogP contribution in [0, 0.1) is 6.92 Å². The lowest BCUT2D eigenvalue weighted by molar-refractivity contribution is 0.450. The fourth-order valence-corrected chi connectivity index (χ4v) is 3.27. The fourth-order valence-electron chi connectivity index (χ4n) is 1.90. The maximum absolute atomic E-state index is 12.6. The molecule has 0 aliphatic rings. The Labute approximate surface area is 126 Å². The van der Waals surface area contributed by atoms with E-state index in [4.69, 9.17) is 4.74 Å². The van der Waals surface area contributed by atoms with Crippen molar-refractivity contribution in [2.45, 2.75) is 18.7 Å². The van der Waals surface area contributed by atoms with E-state index in [1.165, 1.54) is 4.31 Å². The van der Waals surface area contributed by atoms with Crippen LogP contribution in [0.25, 0.3) is 0 Å². The number of rotatable bonds is 5. The molecule has 2 rings (SSSR count). The molecule has 4 nitrogen and oxygen atoms in total. The summed E-state index contributed by atoms with van der Waals surface area (Å²) in [4.78, 5) is 0.190. The molecule has 0 fully saturated rings. The summed E-state index contributed by atoms with van der Waals surface area (Å²) in [6.45, 7) is 4.04. The average molecular weight is 305 g/mol. The highest BCUT2D eigenvalue weighted by molar-refractivity contribution is 7.89. The smallest absolute Gasteiger partial charge is 0.246 e. The lowest BCUT2D eigenvalue weighted by Crippen LogP contribution is -2.27. The van der Waals surface area contributed by atoms with Crippen molar-refractivity contribution in [3.63, 3.8) is 0 Å². The maximum atomic E-state index is 12.6. The highest BCUT2D eigenvalue weighted by Crippen LogP contribution is 2.33. The van der Waals surface area contributed by atoms with Gasteiger partial charge in [0.05, 0.1) is 0 Å². The number of nitrogens with zero attached hydrogens (tertiary/aromatic N) is 1. The van der Waals surface area contributed by atoms with Gasteiger partial charge in [-0.2, -0.15) is 0 Å². The van der Waals surface area contributed by atoms with E-state index in [9.17, 15) is 8.42 Å². The van der Waals surface area contributed by atoms with E-state index in [0.717, 1.165) is 5.56 Å². The number of ether oxygens (including phenoxy) is 1. The Hall–Kier alpha value is -1.85. The van der Waals surface area contributed by atoms with Gasteiger partial charge in [0.2, 0.25) is 10.0 Å². The summed E-state index contributed by atoms with van der Waals surface area (Å²) in [5.41, 5.74) is 0.782. The second-order valence-electron chi connectivity index (χ2n) is 4.74. The van der Waals surface area contributed by atoms with Crippen LogP contribution in [-0.2, 0) is 10.0 Å². The first-order chi connectivity index (χ1) is 9.96. The van der Waals surface area contributed by atoms with Gasteiger partial charge in [0, 0.05) is 13.6 Å². The molecule has 0 aliphatic heterocycles. The van der Waals surface area contributed by atoms with Gasteiger partial charge in [-0.25, -0.2) is 12.7 Å². The molecular weight excluding hydrogens is 286 g/mol. The molecule has 0 spiro atoms. The van der Waals surface area contributed by atoms with Crippen LogP contribution >= 0.6 is 0 Å². The number of sulfonamides is 1. The summed E-state index contributed by atoms with van der Waals surface area (Å²) in [6, 6.07) is 14.3. The molecule has 0 aliphatic carbocycles. The third-order valence-electron chi connectivity index (χ3n) is 3.27. The Balaban J connectivity index is 2.51. The zero-order valence-electron chi connectivity index (χ0n) is 12.4. The molecule has 0 unspecified atom stereocenters. The summed E-state index contributed by atoms with van der Waals surface area (Å²) >= 11 is 0. The van der Waals surface area contributed by atoms with Gasteiger partial charge in [0.15, 0.2) is 0 Å². The van der Waals surface area contributed by atoms with Crippen molar-refractivity contribution in [3.8, 4) is 11.5 Å². The number of benzene rings is 2. The standard InChI is InChI=1S/C16H19NO3S/c1-4-17(3)21(18,19)15-12-8-9-13(2)16(15)20-14-10-6-5-7-11-14/h5-12H,4H2,1-3H3. The van der Waals surface area contributed by atoms with Crippen molar-refractivity contribution in [1.82, 2.24) is 4.31 Å². The van der Waals surface area contributed by atoms with Crippen LogP contribution in [0.5, 0.6) is 11.5 Å². The number of aryl methyl sites for hydroxylation is 1. The van der Waals surface area contributed by atoms with Crippen LogP contribution in [0.2, 0.25) is 0 Å². The van der Waals surface area contributed by atoms with E-state index >= 15 is 0 Å². The van der Waals surface area contributed by atoms with E-state index in [0.29, 0.717) is 18.0 Å². The summed E-state index contributed by atoms with van der Waals surface area (Å²) < 4.78 is 32.3. The van der Waals surface area contributed by atoms with E-state index in [1.807, 2.05) is 31.2 Å². The minimum atomic E-state index is -3.55. The largest absolute Gasteiger partial charge is 0.456 e. The lowest BCUT2D eigenvalue weighted by atomic mass is 10.2. The SMILES string of the molecule is CCN(C)S(=O)(=O)c1cccc(C)c1Oc1ccccc1. The predicted octanol–water partition coefficient (Wildman–Crippen LogP) is 3.43. The molecule has 112 valence electrons. The van der Waals surface area contributed by atoms with E-state index in [1.54, 1.807) is 38.2 Å². The summed E-state index contributed by atoms with van der Waals surface area (Å²) in [7, 11) is -1.99. The number of para-hydroxylation sites is 2. The van der Waals surface area contributed by atoms with E-state index in [-0.39, 0.29) is 4.90 Å². The Morgan fingerprint density at radius 2 is 1.71 bits per heavy atom. The van der Waals surface area contributed by atoms with Gasteiger partial charge in [0.1, 0.15) is 16.4 Å². The van der Waals surface area contributed by atoms with Gasteiger partial charge in [-0.15, -0.1) is 0 Å². The lowest BCUT2D eigenvalue weighted by Gasteiger charge is -2.19. The van der Waals surface area contributed by atoms with Crippen LogP contribution in [0.1, 0.15) is 12.5 Å². The van der Waals surface area contributed by atoms with Gasteiger partial charge in [-0.05, 0) is 30.7 Å². The van der Waals surface area contributed by atoms with Gasteiger partial charge in [-0.1, -0.05) is 37.3 Å². The van der Waals surface area contributed by atoms with Crippen molar-refractivity contribution in [1.29, 1.82) is 0 Å². The second kappa shape index (κ2) is 6.28. The predicted molar refractivity (Wildman–Crippen MR) is 83.2 cm³/mol. The van der Waals surface area contributed by atoms with Crippen molar-refractivity contribution in [2.24, 2.45) is 0 Å². The Bertz CT molecular complexity index is 712. The first kappa shape index (κ1) is 15.5. The summed E-state index contributed by atoms with van der Waals surface area (Å²) in [6.07, 6.45) is 0. The van der Waals surface area contributed by atoms with E-state index in [2.05, 4.69) is 0 Å². The second-order valence-corrected chi connectivity index (χ2v) is 6.75. The van der Waals surface area contributed by atoms with Crippen LogP contribution in [-0.4, -0.2) is 26.3 Å². The number of hydrogen-bond acceptors (Lipinski definition) is 3. The molecule has 0 atom stereocenters. The van der Waals surface area contributed by atoms with Crippen molar-refractivity contribution in [3.05, 3.63) is 54.1 Å². The fraction of sp³-hybridized carbons (Fsp3) is 0.250. The average Bonchev–Trinajstić information content (AvgIpc) is 2.49. The van der Waals surface area contributed by atoms with Gasteiger partial charge in [-0.3, -0.25) is 0 Å². The molecule has 0 amide bonds. The molecule has 0 bridgehead atoms. The topological polar surface area (TPSA) is 46.6 Å². The van der Waals surface area contributed by atoms with Gasteiger partial charge in [0.25, 0.3) is 0 Å². The first-order valence-corrected chi connectivity index (χ1v) is 8.19. The summed E-state index contributed by atoms with van der Waals surface area (Å²) in [5.74, 6) is 0.992. The molecule has 2 aromatic carbocycles. The maximum Gasteiger partial charge on any atom is 0.246 e. The number of hydrogen-bond donors (Lipinski definition) is 0. The van der Waals surface area contributed by atoms with Crippen LogP contribution in [0.15, 0.2) is 53.4 Å². The Kier molecular flexibility index (Phi) is 4.65. The molecular formula is C16H19NO3S. The highest BCUT2D eigenvalue weighted by Gasteiger charge is 2.25. The molecule has 0 aromatic heterocycles. The minimum Gasteiger partial charge on any atom is -0.456 e. The van der Waals surface area contributed by atoms with Crippen molar-refractivity contribution in [2.75, 3.05) is 13.6 Å². The highest BCUT2D eigenvalue weighted by atomic mass is 32.2. The van der Waals surface area contributed by atoms with Crippen LogP contribution < -0.4 is 4.74 Å². The molecule has 0 saturated carbocycles.